The van der Waals surface area contributed by atoms with Gasteiger partial charge in [0.1, 0.15) is 22.3 Å². The SMILES string of the molecule is C[C@H](Oc1ccc(F)cc1)C(=O)NNC(=O)c1sc2cc(F)ccc2c1Cl. The number of amides is 2. The fourth-order valence-electron chi connectivity index (χ4n) is 2.23. The number of hydrogen-bond acceptors (Lipinski definition) is 4. The van der Waals surface area contributed by atoms with Gasteiger partial charge in [0.25, 0.3) is 11.8 Å². The van der Waals surface area contributed by atoms with Crippen molar-refractivity contribution in [3.63, 3.8) is 0 Å². The highest BCUT2D eigenvalue weighted by atomic mass is 35.5. The number of ether oxygens (including phenoxy) is 1. The molecule has 1 heterocycles. The fourth-order valence-corrected chi connectivity index (χ4v) is 3.67. The summed E-state index contributed by atoms with van der Waals surface area (Å²) < 4.78 is 32.0. The molecular weight excluding hydrogens is 398 g/mol. The van der Waals surface area contributed by atoms with Crippen LogP contribution in [0.3, 0.4) is 0 Å². The molecule has 0 bridgehead atoms. The summed E-state index contributed by atoms with van der Waals surface area (Å²) in [5, 5.41) is 0.727. The maximum atomic E-state index is 13.3. The minimum atomic E-state index is -0.942. The molecule has 27 heavy (non-hydrogen) atoms. The van der Waals surface area contributed by atoms with Gasteiger partial charge in [-0.05, 0) is 49.4 Å². The number of carbonyl (C=O) groups excluding carboxylic acids is 2. The van der Waals surface area contributed by atoms with Crippen LogP contribution in [0.4, 0.5) is 8.78 Å². The smallest absolute Gasteiger partial charge is 0.281 e. The van der Waals surface area contributed by atoms with Crippen LogP contribution in [0.1, 0.15) is 16.6 Å². The van der Waals surface area contributed by atoms with E-state index in [0.29, 0.717) is 15.8 Å². The van der Waals surface area contributed by atoms with Gasteiger partial charge in [-0.2, -0.15) is 0 Å². The van der Waals surface area contributed by atoms with Gasteiger partial charge < -0.3 is 4.74 Å². The summed E-state index contributed by atoms with van der Waals surface area (Å²) in [5.74, 6) is -1.81. The van der Waals surface area contributed by atoms with Gasteiger partial charge in [0.2, 0.25) is 0 Å². The zero-order valence-electron chi connectivity index (χ0n) is 13.9. The predicted molar refractivity (Wildman–Crippen MR) is 98.9 cm³/mol. The highest BCUT2D eigenvalue weighted by molar-refractivity contribution is 7.21. The summed E-state index contributed by atoms with van der Waals surface area (Å²) in [6.07, 6.45) is -0.942. The van der Waals surface area contributed by atoms with Gasteiger partial charge in [-0.15, -0.1) is 11.3 Å². The second-order valence-corrected chi connectivity index (χ2v) is 6.97. The molecule has 140 valence electrons. The monoisotopic (exact) mass is 410 g/mol. The maximum Gasteiger partial charge on any atom is 0.281 e. The third-order valence-corrected chi connectivity index (χ3v) is 5.25. The lowest BCUT2D eigenvalue weighted by Crippen LogP contribution is -2.47. The molecule has 0 fully saturated rings. The standard InChI is InChI=1S/C18H13ClF2N2O3S/c1-9(26-12-5-2-10(20)3-6-12)17(24)22-23-18(25)16-15(19)13-7-4-11(21)8-14(13)27-16/h2-9H,1H3,(H,22,24)(H,23,25)/t9-/m0/s1. The van der Waals surface area contributed by atoms with Crippen LogP contribution >= 0.6 is 22.9 Å². The number of fused-ring (bicyclic) bond motifs is 1. The van der Waals surface area contributed by atoms with E-state index in [0.717, 1.165) is 11.3 Å². The molecule has 0 aliphatic rings. The van der Waals surface area contributed by atoms with Crippen LogP contribution in [0.15, 0.2) is 42.5 Å². The minimum absolute atomic E-state index is 0.143. The number of thiophene rings is 1. The number of rotatable bonds is 4. The molecule has 9 heteroatoms. The lowest BCUT2D eigenvalue weighted by molar-refractivity contribution is -0.128. The molecule has 0 aliphatic heterocycles. The molecule has 0 saturated carbocycles. The van der Waals surface area contributed by atoms with Crippen molar-refractivity contribution in [3.05, 3.63) is 64.0 Å². The Kier molecular flexibility index (Phi) is 5.57. The number of benzene rings is 2. The van der Waals surface area contributed by atoms with Gasteiger partial charge in [-0.3, -0.25) is 20.4 Å². The summed E-state index contributed by atoms with van der Waals surface area (Å²) in [4.78, 5) is 24.5. The molecule has 0 radical (unpaired) electrons. The zero-order chi connectivity index (χ0) is 19.6. The van der Waals surface area contributed by atoms with Crippen LogP contribution in [0.2, 0.25) is 5.02 Å². The third kappa shape index (κ3) is 4.35. The Morgan fingerprint density at radius 1 is 1.07 bits per heavy atom. The second kappa shape index (κ2) is 7.89. The minimum Gasteiger partial charge on any atom is -0.481 e. The van der Waals surface area contributed by atoms with Crippen LogP contribution in [0.5, 0.6) is 5.75 Å². The summed E-state index contributed by atoms with van der Waals surface area (Å²) in [6.45, 7) is 1.47. The van der Waals surface area contributed by atoms with Crippen molar-refractivity contribution >= 4 is 44.8 Å². The van der Waals surface area contributed by atoms with E-state index in [1.54, 1.807) is 0 Å². The van der Waals surface area contributed by atoms with Crippen LogP contribution in [0.25, 0.3) is 10.1 Å². The summed E-state index contributed by atoms with van der Waals surface area (Å²) >= 11 is 7.17. The zero-order valence-corrected chi connectivity index (χ0v) is 15.5. The Labute approximate surface area is 161 Å². The summed E-state index contributed by atoms with van der Waals surface area (Å²) in [7, 11) is 0. The van der Waals surface area contributed by atoms with E-state index in [4.69, 9.17) is 16.3 Å². The van der Waals surface area contributed by atoms with Crippen molar-refractivity contribution in [1.82, 2.24) is 10.9 Å². The Hall–Kier alpha value is -2.71. The Balaban J connectivity index is 1.62. The van der Waals surface area contributed by atoms with Gasteiger partial charge in [-0.1, -0.05) is 11.6 Å². The first kappa shape index (κ1) is 19.1. The molecule has 0 spiro atoms. The van der Waals surface area contributed by atoms with Crippen LogP contribution in [-0.4, -0.2) is 17.9 Å². The number of nitrogens with one attached hydrogen (secondary N) is 2. The van der Waals surface area contributed by atoms with Gasteiger partial charge in [-0.25, -0.2) is 8.78 Å². The van der Waals surface area contributed by atoms with Crippen LogP contribution < -0.4 is 15.6 Å². The molecule has 0 unspecified atom stereocenters. The normalized spacial score (nSPS) is 11.9. The Morgan fingerprint density at radius 3 is 2.44 bits per heavy atom. The largest absolute Gasteiger partial charge is 0.481 e. The van der Waals surface area contributed by atoms with Gasteiger partial charge in [0.15, 0.2) is 6.10 Å². The maximum absolute atomic E-state index is 13.3. The Morgan fingerprint density at radius 2 is 1.74 bits per heavy atom. The first-order chi connectivity index (χ1) is 12.8. The molecule has 3 aromatic rings. The van der Waals surface area contributed by atoms with Crippen molar-refractivity contribution in [2.45, 2.75) is 13.0 Å². The van der Waals surface area contributed by atoms with Crippen molar-refractivity contribution in [1.29, 1.82) is 0 Å². The van der Waals surface area contributed by atoms with Gasteiger partial charge in [0.05, 0.1) is 5.02 Å². The molecule has 0 aliphatic carbocycles. The van der Waals surface area contributed by atoms with Crippen LogP contribution in [-0.2, 0) is 4.79 Å². The van der Waals surface area contributed by atoms with E-state index in [-0.39, 0.29) is 9.90 Å². The Bertz CT molecular complexity index is 1010. The molecule has 3 rings (SSSR count). The highest BCUT2D eigenvalue weighted by Gasteiger charge is 2.20. The van der Waals surface area contributed by atoms with Gasteiger partial charge in [0, 0.05) is 10.1 Å². The number of hydrazine groups is 1. The quantitative estimate of drug-likeness (QED) is 0.637. The number of hydrogen-bond donors (Lipinski definition) is 2. The van der Waals surface area contributed by atoms with Crippen molar-refractivity contribution in [3.8, 4) is 5.75 Å². The van der Waals surface area contributed by atoms with E-state index < -0.39 is 29.6 Å². The van der Waals surface area contributed by atoms with Gasteiger partial charge >= 0.3 is 0 Å². The summed E-state index contributed by atoms with van der Waals surface area (Å²) in [6, 6.07) is 9.18. The molecular formula is C18H13ClF2N2O3S. The van der Waals surface area contributed by atoms with E-state index >= 15 is 0 Å². The topological polar surface area (TPSA) is 67.4 Å². The molecule has 1 aromatic heterocycles. The third-order valence-electron chi connectivity index (χ3n) is 3.59. The van der Waals surface area contributed by atoms with E-state index in [9.17, 15) is 18.4 Å². The molecule has 2 aromatic carbocycles. The lowest BCUT2D eigenvalue weighted by atomic mass is 10.2. The van der Waals surface area contributed by atoms with Crippen molar-refractivity contribution < 1.29 is 23.1 Å². The number of halogens is 3. The van der Waals surface area contributed by atoms with E-state index in [1.807, 2.05) is 0 Å². The predicted octanol–water partition coefficient (Wildman–Crippen LogP) is 4.06. The van der Waals surface area contributed by atoms with E-state index in [2.05, 4.69) is 10.9 Å². The molecule has 1 atom stereocenters. The van der Waals surface area contributed by atoms with Crippen molar-refractivity contribution in [2.24, 2.45) is 0 Å². The lowest BCUT2D eigenvalue weighted by Gasteiger charge is -2.15. The first-order valence-corrected chi connectivity index (χ1v) is 8.94. The van der Waals surface area contributed by atoms with Crippen molar-refractivity contribution in [2.75, 3.05) is 0 Å². The molecule has 2 N–H and O–H groups in total. The second-order valence-electron chi connectivity index (χ2n) is 5.54. The molecule has 5 nitrogen and oxygen atoms in total. The average molecular weight is 411 g/mol. The first-order valence-electron chi connectivity index (χ1n) is 7.75. The molecule has 2 amide bonds. The average Bonchev–Trinajstić information content (AvgIpc) is 2.97. The molecule has 0 saturated heterocycles. The number of carbonyl (C=O) groups is 2. The highest BCUT2D eigenvalue weighted by Crippen LogP contribution is 2.35. The fraction of sp³-hybridized carbons (Fsp3) is 0.111. The summed E-state index contributed by atoms with van der Waals surface area (Å²) in [5.41, 5.74) is 4.48. The van der Waals surface area contributed by atoms with Crippen LogP contribution in [0, 0.1) is 11.6 Å². The van der Waals surface area contributed by atoms with E-state index in [1.165, 1.54) is 49.4 Å².